The van der Waals surface area contributed by atoms with Gasteiger partial charge in [-0.2, -0.15) is 0 Å². The largest absolute Gasteiger partial charge is 0.497 e. The number of nitrogens with zero attached hydrogens (tertiary/aromatic N) is 3. The van der Waals surface area contributed by atoms with Crippen molar-refractivity contribution in [3.63, 3.8) is 0 Å². The molecule has 0 amide bonds. The molecule has 0 radical (unpaired) electrons. The molecule has 0 bridgehead atoms. The van der Waals surface area contributed by atoms with Crippen LogP contribution >= 0.6 is 0 Å². The highest BCUT2D eigenvalue weighted by atomic mass is 16.5. The molecule has 1 fully saturated rings. The molecule has 1 aromatic heterocycles. The lowest BCUT2D eigenvalue weighted by molar-refractivity contribution is 0.144. The first-order valence-corrected chi connectivity index (χ1v) is 7.33. The Morgan fingerprint density at radius 1 is 1.33 bits per heavy atom. The van der Waals surface area contributed by atoms with Crippen LogP contribution in [-0.4, -0.2) is 41.2 Å². The van der Waals surface area contributed by atoms with Gasteiger partial charge >= 0.3 is 0 Å². The Hall–Kier alpha value is -1.85. The first-order chi connectivity index (χ1) is 10.3. The molecule has 0 aliphatic carbocycles. The van der Waals surface area contributed by atoms with E-state index in [0.717, 1.165) is 37.8 Å². The third-order valence-electron chi connectivity index (χ3n) is 4.06. The van der Waals surface area contributed by atoms with Crippen LogP contribution in [0, 0.1) is 0 Å². The second kappa shape index (κ2) is 6.28. The fourth-order valence-electron chi connectivity index (χ4n) is 2.85. The summed E-state index contributed by atoms with van der Waals surface area (Å²) in [5, 5.41) is 3.47. The summed E-state index contributed by atoms with van der Waals surface area (Å²) < 4.78 is 7.33. The topological polar surface area (TPSA) is 42.3 Å². The summed E-state index contributed by atoms with van der Waals surface area (Å²) in [7, 11) is 3.75. The van der Waals surface area contributed by atoms with Gasteiger partial charge in [-0.3, -0.25) is 4.90 Å². The number of hydrogen-bond acceptors (Lipinski definition) is 4. The van der Waals surface area contributed by atoms with Crippen molar-refractivity contribution >= 4 is 0 Å². The molecule has 112 valence electrons. The van der Waals surface area contributed by atoms with Crippen LogP contribution in [0.3, 0.4) is 0 Å². The Labute approximate surface area is 125 Å². The van der Waals surface area contributed by atoms with Gasteiger partial charge in [0.2, 0.25) is 0 Å². The van der Waals surface area contributed by atoms with Gasteiger partial charge in [0.15, 0.2) is 0 Å². The van der Waals surface area contributed by atoms with Crippen molar-refractivity contribution in [3.05, 3.63) is 48.0 Å². The van der Waals surface area contributed by atoms with Gasteiger partial charge in [-0.15, -0.1) is 0 Å². The molecule has 5 nitrogen and oxygen atoms in total. The summed E-state index contributed by atoms with van der Waals surface area (Å²) in [5.41, 5.74) is 1.30. The number of benzene rings is 1. The van der Waals surface area contributed by atoms with E-state index in [2.05, 4.69) is 38.9 Å². The highest BCUT2D eigenvalue weighted by Gasteiger charge is 2.26. The van der Waals surface area contributed by atoms with Crippen molar-refractivity contribution in [1.82, 2.24) is 19.8 Å². The van der Waals surface area contributed by atoms with E-state index in [-0.39, 0.29) is 0 Å². The van der Waals surface area contributed by atoms with Crippen molar-refractivity contribution in [2.45, 2.75) is 12.6 Å². The highest BCUT2D eigenvalue weighted by molar-refractivity contribution is 5.27. The lowest BCUT2D eigenvalue weighted by atomic mass is 10.1. The molecule has 0 saturated carbocycles. The van der Waals surface area contributed by atoms with Gasteiger partial charge in [-0.25, -0.2) is 4.98 Å². The predicted molar refractivity (Wildman–Crippen MR) is 82.2 cm³/mol. The van der Waals surface area contributed by atoms with Crippen LogP contribution in [-0.2, 0) is 13.6 Å². The van der Waals surface area contributed by atoms with Crippen LogP contribution < -0.4 is 10.1 Å². The van der Waals surface area contributed by atoms with Crippen molar-refractivity contribution in [2.75, 3.05) is 26.7 Å². The molecule has 1 aliphatic rings. The minimum Gasteiger partial charge on any atom is -0.497 e. The molecule has 1 aromatic carbocycles. The maximum atomic E-state index is 5.22. The van der Waals surface area contributed by atoms with Gasteiger partial charge < -0.3 is 14.6 Å². The molecule has 1 unspecified atom stereocenters. The number of rotatable bonds is 4. The van der Waals surface area contributed by atoms with Gasteiger partial charge in [0, 0.05) is 45.6 Å². The number of hydrogen-bond donors (Lipinski definition) is 1. The zero-order chi connectivity index (χ0) is 14.7. The number of aryl methyl sites for hydroxylation is 1. The number of piperazine rings is 1. The van der Waals surface area contributed by atoms with Gasteiger partial charge in [-0.1, -0.05) is 12.1 Å². The first kappa shape index (κ1) is 14.1. The maximum absolute atomic E-state index is 5.22. The molecule has 2 aromatic rings. The SMILES string of the molecule is COc1ccc(CN2CCNCC2c2nccn2C)cc1. The molecule has 1 N–H and O–H groups in total. The molecule has 0 spiro atoms. The molecule has 1 saturated heterocycles. The van der Waals surface area contributed by atoms with Crippen LogP contribution in [0.1, 0.15) is 17.4 Å². The minimum atomic E-state index is 0.320. The Bertz CT molecular complexity index is 578. The van der Waals surface area contributed by atoms with Crippen LogP contribution in [0.25, 0.3) is 0 Å². The quantitative estimate of drug-likeness (QED) is 0.926. The molecule has 1 atom stereocenters. The Kier molecular flexibility index (Phi) is 4.22. The van der Waals surface area contributed by atoms with Gasteiger partial charge in [0.1, 0.15) is 11.6 Å². The van der Waals surface area contributed by atoms with E-state index in [1.807, 2.05) is 24.5 Å². The zero-order valence-corrected chi connectivity index (χ0v) is 12.6. The number of nitrogens with one attached hydrogen (secondary N) is 1. The van der Waals surface area contributed by atoms with Crippen LogP contribution in [0.2, 0.25) is 0 Å². The molecule has 2 heterocycles. The average molecular weight is 286 g/mol. The van der Waals surface area contributed by atoms with E-state index in [1.54, 1.807) is 7.11 Å². The highest BCUT2D eigenvalue weighted by Crippen LogP contribution is 2.23. The lowest BCUT2D eigenvalue weighted by Crippen LogP contribution is -2.46. The Morgan fingerprint density at radius 3 is 2.81 bits per heavy atom. The summed E-state index contributed by atoms with van der Waals surface area (Å²) in [6.07, 6.45) is 3.88. The first-order valence-electron chi connectivity index (χ1n) is 7.33. The van der Waals surface area contributed by atoms with Crippen molar-refractivity contribution in [1.29, 1.82) is 0 Å². The maximum Gasteiger partial charge on any atom is 0.127 e. The minimum absolute atomic E-state index is 0.320. The third-order valence-corrected chi connectivity index (χ3v) is 4.06. The number of aromatic nitrogens is 2. The Morgan fingerprint density at radius 2 is 2.14 bits per heavy atom. The zero-order valence-electron chi connectivity index (χ0n) is 12.6. The fraction of sp³-hybridized carbons (Fsp3) is 0.438. The van der Waals surface area contributed by atoms with E-state index < -0.39 is 0 Å². The molecule has 5 heteroatoms. The monoisotopic (exact) mass is 286 g/mol. The number of ether oxygens (including phenoxy) is 1. The fourth-order valence-corrected chi connectivity index (χ4v) is 2.85. The average Bonchev–Trinajstić information content (AvgIpc) is 2.95. The third kappa shape index (κ3) is 3.09. The summed E-state index contributed by atoms with van der Waals surface area (Å²) in [5.74, 6) is 2.02. The van der Waals surface area contributed by atoms with E-state index in [1.165, 1.54) is 5.56 Å². The van der Waals surface area contributed by atoms with Gasteiger partial charge in [0.05, 0.1) is 13.2 Å². The van der Waals surface area contributed by atoms with E-state index in [4.69, 9.17) is 4.74 Å². The Balaban J connectivity index is 1.76. The smallest absolute Gasteiger partial charge is 0.127 e. The van der Waals surface area contributed by atoms with Crippen molar-refractivity contribution in [2.24, 2.45) is 7.05 Å². The number of methoxy groups -OCH3 is 1. The second-order valence-electron chi connectivity index (χ2n) is 5.43. The summed E-state index contributed by atoms with van der Waals surface area (Å²) >= 11 is 0. The normalized spacial score (nSPS) is 19.6. The van der Waals surface area contributed by atoms with Gasteiger partial charge in [-0.05, 0) is 17.7 Å². The van der Waals surface area contributed by atoms with E-state index in [9.17, 15) is 0 Å². The lowest BCUT2D eigenvalue weighted by Gasteiger charge is -2.35. The predicted octanol–water partition coefficient (Wildman–Crippen LogP) is 1.58. The molecule has 3 rings (SSSR count). The molecule has 21 heavy (non-hydrogen) atoms. The number of imidazole rings is 1. The standard InChI is InChI=1S/C16H22N4O/c1-19-9-8-18-16(19)15-11-17-7-10-20(15)12-13-3-5-14(21-2)6-4-13/h3-6,8-9,15,17H,7,10-12H2,1-2H3. The van der Waals surface area contributed by atoms with Crippen molar-refractivity contribution in [3.8, 4) is 5.75 Å². The van der Waals surface area contributed by atoms with E-state index >= 15 is 0 Å². The second-order valence-corrected chi connectivity index (χ2v) is 5.43. The van der Waals surface area contributed by atoms with Crippen molar-refractivity contribution < 1.29 is 4.74 Å². The summed E-state index contributed by atoms with van der Waals surface area (Å²) in [6, 6.07) is 8.63. The van der Waals surface area contributed by atoms with Crippen LogP contribution in [0.4, 0.5) is 0 Å². The molecule has 1 aliphatic heterocycles. The van der Waals surface area contributed by atoms with Crippen LogP contribution in [0.5, 0.6) is 5.75 Å². The van der Waals surface area contributed by atoms with Crippen LogP contribution in [0.15, 0.2) is 36.7 Å². The molecular weight excluding hydrogens is 264 g/mol. The van der Waals surface area contributed by atoms with E-state index in [0.29, 0.717) is 6.04 Å². The van der Waals surface area contributed by atoms with Gasteiger partial charge in [0.25, 0.3) is 0 Å². The summed E-state index contributed by atoms with van der Waals surface area (Å²) in [4.78, 5) is 7.01. The molecular formula is C16H22N4O. The summed E-state index contributed by atoms with van der Waals surface area (Å²) in [6.45, 7) is 3.94.